The first-order valence-electron chi connectivity index (χ1n) is 10.1. The van der Waals surface area contributed by atoms with Crippen molar-refractivity contribution in [3.63, 3.8) is 0 Å². The monoisotopic (exact) mass is 567 g/mol. The van der Waals surface area contributed by atoms with E-state index in [4.69, 9.17) is 9.47 Å². The van der Waals surface area contributed by atoms with Crippen LogP contribution < -0.4 is 20.2 Å². The lowest BCUT2D eigenvalue weighted by Crippen LogP contribution is -2.32. The minimum Gasteiger partial charge on any atom is -0.493 e. The minimum absolute atomic E-state index is 0.153. The number of hydrazone groups is 1. The number of ether oxygens (including phenoxy) is 2. The van der Waals surface area contributed by atoms with Gasteiger partial charge in [0.25, 0.3) is 0 Å². The zero-order valence-electron chi connectivity index (χ0n) is 18.5. The van der Waals surface area contributed by atoms with Crippen molar-refractivity contribution in [1.82, 2.24) is 5.43 Å². The number of nitrogens with zero attached hydrogens (tertiary/aromatic N) is 1. The first-order valence-corrected chi connectivity index (χ1v) is 10.9. The summed E-state index contributed by atoms with van der Waals surface area (Å²) < 4.78 is 63.0. The van der Waals surface area contributed by atoms with Gasteiger partial charge in [0, 0.05) is 5.69 Å². The van der Waals surface area contributed by atoms with E-state index in [0.717, 1.165) is 17.7 Å². The molecule has 0 fully saturated rings. The number of carbonyl (C=O) groups is 2. The van der Waals surface area contributed by atoms with E-state index >= 15 is 0 Å². The number of rotatable bonds is 7. The van der Waals surface area contributed by atoms with Crippen LogP contribution in [0.2, 0.25) is 0 Å². The summed E-state index contributed by atoms with van der Waals surface area (Å²) in [7, 11) is 1.42. The largest absolute Gasteiger partial charge is 0.493 e. The molecule has 0 aliphatic carbocycles. The highest BCUT2D eigenvalue weighted by Gasteiger charge is 2.30. The van der Waals surface area contributed by atoms with Crippen LogP contribution in [-0.2, 0) is 22.4 Å². The Balaban J connectivity index is 1.61. The van der Waals surface area contributed by atoms with Gasteiger partial charge in [-0.2, -0.15) is 18.3 Å². The minimum atomic E-state index is -4.59. The van der Waals surface area contributed by atoms with E-state index in [-0.39, 0.29) is 18.1 Å². The van der Waals surface area contributed by atoms with Crippen molar-refractivity contribution in [1.29, 1.82) is 0 Å². The third-order valence-electron chi connectivity index (χ3n) is 4.58. The molecule has 0 aliphatic heterocycles. The van der Waals surface area contributed by atoms with Crippen LogP contribution in [0.15, 0.2) is 70.2 Å². The Morgan fingerprint density at radius 2 is 1.78 bits per heavy atom. The molecule has 0 radical (unpaired) electrons. The predicted octanol–water partition coefficient (Wildman–Crippen LogP) is 5.28. The van der Waals surface area contributed by atoms with Crippen molar-refractivity contribution in [2.45, 2.75) is 12.8 Å². The van der Waals surface area contributed by atoms with Crippen LogP contribution in [0.5, 0.6) is 11.5 Å². The third kappa shape index (κ3) is 7.28. The van der Waals surface area contributed by atoms with Crippen LogP contribution in [0.25, 0.3) is 0 Å². The molecule has 0 atom stereocenters. The van der Waals surface area contributed by atoms with Gasteiger partial charge in [-0.15, -0.1) is 0 Å². The van der Waals surface area contributed by atoms with E-state index < -0.39 is 23.6 Å². The number of hydrogen-bond acceptors (Lipinski definition) is 5. The molecule has 0 unspecified atom stereocenters. The molecule has 2 amide bonds. The number of benzene rings is 3. The maximum atomic E-state index is 13.1. The van der Waals surface area contributed by atoms with Crippen LogP contribution >= 0.6 is 15.9 Å². The molecule has 12 heteroatoms. The van der Waals surface area contributed by atoms with Crippen LogP contribution in [-0.4, -0.2) is 25.1 Å². The van der Waals surface area contributed by atoms with Gasteiger partial charge in [-0.1, -0.05) is 18.2 Å². The van der Waals surface area contributed by atoms with Crippen molar-refractivity contribution in [2.24, 2.45) is 5.10 Å². The van der Waals surface area contributed by atoms with E-state index in [0.29, 0.717) is 27.6 Å². The van der Waals surface area contributed by atoms with Crippen molar-refractivity contribution >= 4 is 39.6 Å². The van der Waals surface area contributed by atoms with E-state index in [1.165, 1.54) is 31.5 Å². The summed E-state index contributed by atoms with van der Waals surface area (Å²) in [6, 6.07) is 12.8. The number of nitrogens with one attached hydrogen (secondary N) is 2. The third-order valence-corrected chi connectivity index (χ3v) is 5.17. The lowest BCUT2D eigenvalue weighted by molar-refractivity contribution is -0.137. The molecule has 0 saturated carbocycles. The molecule has 0 spiro atoms. The molecule has 36 heavy (non-hydrogen) atoms. The van der Waals surface area contributed by atoms with E-state index in [1.807, 2.05) is 5.43 Å². The van der Waals surface area contributed by atoms with Crippen molar-refractivity contribution < 1.29 is 36.6 Å². The van der Waals surface area contributed by atoms with E-state index in [1.54, 1.807) is 24.3 Å². The summed E-state index contributed by atoms with van der Waals surface area (Å²) >= 11 is 3.37. The summed E-state index contributed by atoms with van der Waals surface area (Å²) in [4.78, 5) is 23.9. The number of alkyl halides is 3. The average Bonchev–Trinajstić information content (AvgIpc) is 2.83. The van der Waals surface area contributed by atoms with E-state index in [9.17, 15) is 27.2 Å². The Labute approximate surface area is 211 Å². The van der Waals surface area contributed by atoms with Crippen LogP contribution in [0, 0.1) is 5.82 Å². The SMILES string of the molecule is COc1cc(/C=N/NC(=O)C(=O)Nc2cccc(C(F)(F)F)c2)cc(Br)c1OCc1ccc(F)cc1. The molecule has 3 rings (SSSR count). The molecule has 3 aromatic rings. The lowest BCUT2D eigenvalue weighted by atomic mass is 10.2. The Morgan fingerprint density at radius 1 is 1.06 bits per heavy atom. The van der Waals surface area contributed by atoms with Gasteiger partial charge in [0.15, 0.2) is 11.5 Å². The van der Waals surface area contributed by atoms with Crippen molar-refractivity contribution in [2.75, 3.05) is 12.4 Å². The number of halogens is 5. The Kier molecular flexibility index (Phi) is 8.64. The molecular weight excluding hydrogens is 550 g/mol. The Morgan fingerprint density at radius 3 is 2.44 bits per heavy atom. The maximum Gasteiger partial charge on any atom is 0.416 e. The van der Waals surface area contributed by atoms with Crippen LogP contribution in [0.3, 0.4) is 0 Å². The Bertz CT molecular complexity index is 1280. The molecule has 0 saturated heterocycles. The molecular formula is C24H18BrF4N3O4. The number of carbonyl (C=O) groups excluding carboxylic acids is 2. The zero-order chi connectivity index (χ0) is 26.3. The van der Waals surface area contributed by atoms with Crippen LogP contribution in [0.4, 0.5) is 23.2 Å². The summed E-state index contributed by atoms with van der Waals surface area (Å²) in [6.07, 6.45) is -3.36. The second-order valence-electron chi connectivity index (χ2n) is 7.18. The molecule has 0 aromatic heterocycles. The molecule has 188 valence electrons. The molecule has 7 nitrogen and oxygen atoms in total. The van der Waals surface area contributed by atoms with Gasteiger partial charge in [0.2, 0.25) is 0 Å². The molecule has 0 bridgehead atoms. The van der Waals surface area contributed by atoms with Gasteiger partial charge in [0.05, 0.1) is 23.4 Å². The van der Waals surface area contributed by atoms with E-state index in [2.05, 4.69) is 26.3 Å². The topological polar surface area (TPSA) is 89.0 Å². The lowest BCUT2D eigenvalue weighted by Gasteiger charge is -2.13. The highest BCUT2D eigenvalue weighted by Crippen LogP contribution is 2.37. The molecule has 3 aromatic carbocycles. The fraction of sp³-hybridized carbons (Fsp3) is 0.125. The quantitative estimate of drug-likeness (QED) is 0.176. The van der Waals surface area contributed by atoms with Crippen molar-refractivity contribution in [3.8, 4) is 11.5 Å². The summed E-state index contributed by atoms with van der Waals surface area (Å²) in [5.74, 6) is -2.03. The predicted molar refractivity (Wildman–Crippen MR) is 127 cm³/mol. The number of amides is 2. The zero-order valence-corrected chi connectivity index (χ0v) is 20.1. The fourth-order valence-electron chi connectivity index (χ4n) is 2.87. The number of methoxy groups -OCH3 is 1. The first kappa shape index (κ1) is 26.7. The summed E-state index contributed by atoms with van der Waals surface area (Å²) in [5, 5.41) is 5.77. The summed E-state index contributed by atoms with van der Waals surface area (Å²) in [5.41, 5.74) is 2.03. The fourth-order valence-corrected chi connectivity index (χ4v) is 3.44. The van der Waals surface area contributed by atoms with Crippen LogP contribution in [0.1, 0.15) is 16.7 Å². The second kappa shape index (κ2) is 11.7. The van der Waals surface area contributed by atoms with Gasteiger partial charge in [-0.05, 0) is 69.5 Å². The maximum absolute atomic E-state index is 13.1. The van der Waals surface area contributed by atoms with Gasteiger partial charge < -0.3 is 14.8 Å². The molecule has 2 N–H and O–H groups in total. The number of hydrogen-bond donors (Lipinski definition) is 2. The first-order chi connectivity index (χ1) is 17.1. The number of anilines is 1. The second-order valence-corrected chi connectivity index (χ2v) is 8.04. The van der Waals surface area contributed by atoms with Gasteiger partial charge in [0.1, 0.15) is 12.4 Å². The molecule has 0 aliphatic rings. The van der Waals surface area contributed by atoms with Gasteiger partial charge in [-0.3, -0.25) is 9.59 Å². The van der Waals surface area contributed by atoms with Gasteiger partial charge >= 0.3 is 18.0 Å². The summed E-state index contributed by atoms with van der Waals surface area (Å²) in [6.45, 7) is 0.153. The smallest absolute Gasteiger partial charge is 0.416 e. The Hall–Kier alpha value is -3.93. The highest BCUT2D eigenvalue weighted by molar-refractivity contribution is 9.10. The average molecular weight is 568 g/mol. The van der Waals surface area contributed by atoms with Crippen molar-refractivity contribution in [3.05, 3.63) is 87.6 Å². The normalized spacial score (nSPS) is 11.3. The standard InChI is InChI=1S/C24H18BrF4N3O4/c1-35-20-10-15(9-19(25)21(20)36-13-14-5-7-17(26)8-6-14)12-30-32-23(34)22(33)31-18-4-2-3-16(11-18)24(27,28)29/h2-12H,13H2,1H3,(H,31,33)(H,32,34)/b30-12+. The van der Waals surface area contributed by atoms with Gasteiger partial charge in [-0.25, -0.2) is 9.82 Å². The molecule has 0 heterocycles. The highest BCUT2D eigenvalue weighted by atomic mass is 79.9.